The van der Waals surface area contributed by atoms with Crippen LogP contribution in [0.5, 0.6) is 0 Å². The van der Waals surface area contributed by atoms with Crippen LogP contribution in [0.15, 0.2) is 24.4 Å². The first-order chi connectivity index (χ1) is 13.8. The van der Waals surface area contributed by atoms with Crippen molar-refractivity contribution in [2.45, 2.75) is 40.4 Å². The number of benzene rings is 1. The fourth-order valence-corrected chi connectivity index (χ4v) is 3.70. The number of nitrogens with zero attached hydrogens (tertiary/aromatic N) is 4. The lowest BCUT2D eigenvalue weighted by molar-refractivity contribution is 0.614. The molecule has 0 bridgehead atoms. The number of hydrogen-bond donors (Lipinski definition) is 2. The normalized spacial score (nSPS) is 11.0. The number of rotatable bonds is 6. The van der Waals surface area contributed by atoms with Crippen molar-refractivity contribution in [3.8, 4) is 0 Å². The molecule has 0 amide bonds. The van der Waals surface area contributed by atoms with Crippen LogP contribution in [0.2, 0.25) is 15.1 Å². The summed E-state index contributed by atoms with van der Waals surface area (Å²) in [5.74, 6) is 0. The van der Waals surface area contributed by atoms with Crippen molar-refractivity contribution in [3.63, 3.8) is 0 Å². The Hall–Kier alpha value is -1.80. The lowest BCUT2D eigenvalue weighted by Gasteiger charge is -2.12. The van der Waals surface area contributed by atoms with Gasteiger partial charge in [-0.2, -0.15) is 10.2 Å². The van der Waals surface area contributed by atoms with E-state index in [4.69, 9.17) is 47.0 Å². The van der Waals surface area contributed by atoms with Crippen molar-refractivity contribution in [2.24, 2.45) is 0 Å². The van der Waals surface area contributed by atoms with Crippen LogP contribution in [-0.2, 0) is 19.6 Å². The molecule has 3 aromatic rings. The van der Waals surface area contributed by atoms with Crippen molar-refractivity contribution < 1.29 is 0 Å². The van der Waals surface area contributed by atoms with Crippen molar-refractivity contribution >= 4 is 57.8 Å². The van der Waals surface area contributed by atoms with E-state index in [-0.39, 0.29) is 0 Å². The van der Waals surface area contributed by atoms with Crippen LogP contribution in [0.25, 0.3) is 0 Å². The average Bonchev–Trinajstić information content (AvgIpc) is 3.17. The Kier molecular flexibility index (Phi) is 7.05. The first kappa shape index (κ1) is 21.9. The molecule has 154 valence electrons. The Morgan fingerprint density at radius 2 is 1.86 bits per heavy atom. The van der Waals surface area contributed by atoms with Crippen LogP contribution < -0.4 is 10.6 Å². The molecule has 0 aliphatic rings. The Labute approximate surface area is 190 Å². The van der Waals surface area contributed by atoms with Crippen LogP contribution in [0.3, 0.4) is 0 Å². The zero-order valence-corrected chi connectivity index (χ0v) is 19.3. The minimum atomic E-state index is 0.480. The van der Waals surface area contributed by atoms with E-state index in [9.17, 15) is 0 Å². The van der Waals surface area contributed by atoms with Gasteiger partial charge >= 0.3 is 0 Å². The topological polar surface area (TPSA) is 59.7 Å². The first-order valence-electron chi connectivity index (χ1n) is 9.03. The van der Waals surface area contributed by atoms with E-state index in [2.05, 4.69) is 20.8 Å². The molecule has 29 heavy (non-hydrogen) atoms. The number of hydrogen-bond acceptors (Lipinski definition) is 3. The number of aryl methyl sites for hydroxylation is 2. The molecular weight excluding hydrogens is 451 g/mol. The highest BCUT2D eigenvalue weighted by molar-refractivity contribution is 7.80. The van der Waals surface area contributed by atoms with Gasteiger partial charge in [0, 0.05) is 6.54 Å². The van der Waals surface area contributed by atoms with Gasteiger partial charge in [0.05, 0.1) is 57.1 Å². The van der Waals surface area contributed by atoms with Crippen molar-refractivity contribution in [1.82, 2.24) is 24.9 Å². The molecule has 2 N–H and O–H groups in total. The number of halogens is 3. The fraction of sp³-hybridized carbons (Fsp3) is 0.316. The average molecular weight is 472 g/mol. The maximum absolute atomic E-state index is 6.20. The number of anilines is 1. The van der Waals surface area contributed by atoms with Gasteiger partial charge < -0.3 is 10.6 Å². The van der Waals surface area contributed by atoms with Crippen molar-refractivity contribution in [2.75, 3.05) is 5.32 Å². The summed E-state index contributed by atoms with van der Waals surface area (Å²) in [6, 6.07) is 5.57. The molecule has 0 fully saturated rings. The number of aromatic nitrogens is 4. The molecule has 2 aromatic heterocycles. The molecule has 6 nitrogen and oxygen atoms in total. The standard InChI is InChI=1S/C19H21Cl3N6S/c1-4-27-17(16(22)8-24-27)9-23-19(29)25-18-11(2)26-28(12(18)3)10-13-5-6-14(20)15(21)7-13/h5-8H,4,9-10H2,1-3H3,(H2,23,25,29). The zero-order valence-electron chi connectivity index (χ0n) is 16.3. The molecule has 0 aliphatic carbocycles. The molecule has 0 atom stereocenters. The van der Waals surface area contributed by atoms with Gasteiger partial charge in [-0.15, -0.1) is 0 Å². The van der Waals surface area contributed by atoms with Crippen LogP contribution in [0, 0.1) is 13.8 Å². The van der Waals surface area contributed by atoms with E-state index in [0.29, 0.717) is 33.3 Å². The monoisotopic (exact) mass is 470 g/mol. The third-order valence-electron chi connectivity index (χ3n) is 4.55. The largest absolute Gasteiger partial charge is 0.357 e. The van der Waals surface area contributed by atoms with Crippen molar-refractivity contribution in [3.05, 3.63) is 62.1 Å². The lowest BCUT2D eigenvalue weighted by atomic mass is 10.2. The molecule has 3 rings (SSSR count). The highest BCUT2D eigenvalue weighted by Gasteiger charge is 2.14. The number of nitrogens with one attached hydrogen (secondary N) is 2. The fourth-order valence-electron chi connectivity index (χ4n) is 3.00. The number of thiocarbonyl (C=S) groups is 1. The van der Waals surface area contributed by atoms with Gasteiger partial charge in [0.2, 0.25) is 0 Å². The van der Waals surface area contributed by atoms with Gasteiger partial charge in [-0.1, -0.05) is 40.9 Å². The molecule has 0 unspecified atom stereocenters. The second-order valence-electron chi connectivity index (χ2n) is 6.51. The SMILES string of the molecule is CCn1ncc(Cl)c1CNC(=S)Nc1c(C)nn(Cc2ccc(Cl)c(Cl)c2)c1C. The van der Waals surface area contributed by atoms with Crippen LogP contribution >= 0.6 is 47.0 Å². The second-order valence-corrected chi connectivity index (χ2v) is 8.14. The van der Waals surface area contributed by atoms with E-state index in [1.54, 1.807) is 12.3 Å². The molecule has 10 heteroatoms. The van der Waals surface area contributed by atoms with Gasteiger partial charge in [-0.25, -0.2) is 0 Å². The minimum absolute atomic E-state index is 0.480. The smallest absolute Gasteiger partial charge is 0.171 e. The Morgan fingerprint density at radius 3 is 2.55 bits per heavy atom. The third kappa shape index (κ3) is 5.04. The molecule has 0 saturated carbocycles. The Balaban J connectivity index is 1.68. The maximum Gasteiger partial charge on any atom is 0.171 e. The summed E-state index contributed by atoms with van der Waals surface area (Å²) in [6.07, 6.45) is 1.64. The van der Waals surface area contributed by atoms with Crippen LogP contribution in [0.1, 0.15) is 29.6 Å². The van der Waals surface area contributed by atoms with E-state index >= 15 is 0 Å². The molecule has 0 radical (unpaired) electrons. The van der Waals surface area contributed by atoms with E-state index in [1.807, 2.05) is 42.3 Å². The van der Waals surface area contributed by atoms with Crippen molar-refractivity contribution in [1.29, 1.82) is 0 Å². The summed E-state index contributed by atoms with van der Waals surface area (Å²) >= 11 is 23.8. The van der Waals surface area contributed by atoms with Gasteiger partial charge in [-0.3, -0.25) is 9.36 Å². The summed E-state index contributed by atoms with van der Waals surface area (Å²) < 4.78 is 3.74. The predicted molar refractivity (Wildman–Crippen MR) is 123 cm³/mol. The Morgan fingerprint density at radius 1 is 1.10 bits per heavy atom. The van der Waals surface area contributed by atoms with Gasteiger partial charge in [0.25, 0.3) is 0 Å². The summed E-state index contributed by atoms with van der Waals surface area (Å²) in [5, 5.41) is 17.4. The minimum Gasteiger partial charge on any atom is -0.357 e. The second kappa shape index (κ2) is 9.34. The predicted octanol–water partition coefficient (Wildman–Crippen LogP) is 5.21. The van der Waals surface area contributed by atoms with Gasteiger partial charge in [0.15, 0.2) is 5.11 Å². The Bertz CT molecular complexity index is 1040. The van der Waals surface area contributed by atoms with E-state index in [1.165, 1.54) is 0 Å². The van der Waals surface area contributed by atoms with Crippen LogP contribution in [0.4, 0.5) is 5.69 Å². The molecule has 0 spiro atoms. The highest BCUT2D eigenvalue weighted by Crippen LogP contribution is 2.25. The summed E-state index contributed by atoms with van der Waals surface area (Å²) in [6.45, 7) is 7.74. The van der Waals surface area contributed by atoms with Gasteiger partial charge in [0.1, 0.15) is 0 Å². The molecule has 2 heterocycles. The summed E-state index contributed by atoms with van der Waals surface area (Å²) in [7, 11) is 0. The van der Waals surface area contributed by atoms with Gasteiger partial charge in [-0.05, 0) is 50.7 Å². The third-order valence-corrected chi connectivity index (χ3v) is 5.85. The first-order valence-corrected chi connectivity index (χ1v) is 10.6. The zero-order chi connectivity index (χ0) is 21.1. The lowest BCUT2D eigenvalue weighted by Crippen LogP contribution is -2.29. The molecular formula is C19H21Cl3N6S. The maximum atomic E-state index is 6.20. The summed E-state index contributed by atoms with van der Waals surface area (Å²) in [5.41, 5.74) is 4.59. The molecule has 0 aliphatic heterocycles. The highest BCUT2D eigenvalue weighted by atomic mass is 35.5. The molecule has 1 aromatic carbocycles. The quantitative estimate of drug-likeness (QED) is 0.483. The molecule has 0 saturated heterocycles. The van der Waals surface area contributed by atoms with Crippen LogP contribution in [-0.4, -0.2) is 24.7 Å². The van der Waals surface area contributed by atoms with E-state index < -0.39 is 0 Å². The van der Waals surface area contributed by atoms with E-state index in [0.717, 1.165) is 34.9 Å². The summed E-state index contributed by atoms with van der Waals surface area (Å²) in [4.78, 5) is 0.